The van der Waals surface area contributed by atoms with Gasteiger partial charge in [-0.3, -0.25) is 9.69 Å². The Morgan fingerprint density at radius 2 is 2.27 bits per heavy atom. The molecule has 0 aromatic heterocycles. The zero-order valence-electron chi connectivity index (χ0n) is 12.9. The monoisotopic (exact) mass is 305 g/mol. The first kappa shape index (κ1) is 15.4. The Hall–Kier alpha value is -1.46. The van der Waals surface area contributed by atoms with Crippen molar-refractivity contribution in [2.24, 2.45) is 5.92 Å². The second-order valence-electron chi connectivity index (χ2n) is 6.35. The third-order valence-corrected chi connectivity index (χ3v) is 4.75. The maximum Gasteiger partial charge on any atom is 0.234 e. The number of amides is 1. The molecular weight excluding hydrogens is 281 g/mol. The summed E-state index contributed by atoms with van der Waals surface area (Å²) in [6, 6.07) is 6.74. The molecule has 1 aliphatic carbocycles. The molecule has 5 heteroatoms. The summed E-state index contributed by atoms with van der Waals surface area (Å²) in [6.45, 7) is 3.60. The molecule has 0 bridgehead atoms. The maximum absolute atomic E-state index is 13.4. The lowest BCUT2D eigenvalue weighted by Gasteiger charge is -2.36. The van der Waals surface area contributed by atoms with E-state index in [1.165, 1.54) is 25.3 Å². The normalized spacial score (nSPS) is 23.0. The van der Waals surface area contributed by atoms with Crippen LogP contribution in [0.1, 0.15) is 30.9 Å². The lowest BCUT2D eigenvalue weighted by Crippen LogP contribution is -2.50. The third-order valence-electron chi connectivity index (χ3n) is 4.75. The van der Waals surface area contributed by atoms with Crippen molar-refractivity contribution in [2.45, 2.75) is 25.3 Å². The predicted octanol–water partition coefficient (Wildman–Crippen LogP) is 1.69. The van der Waals surface area contributed by atoms with E-state index >= 15 is 0 Å². The number of piperazine rings is 1. The van der Waals surface area contributed by atoms with Crippen LogP contribution in [0.4, 0.5) is 4.39 Å². The van der Waals surface area contributed by atoms with Crippen LogP contribution in [0.2, 0.25) is 0 Å². The quantitative estimate of drug-likeness (QED) is 0.870. The van der Waals surface area contributed by atoms with Gasteiger partial charge in [0.2, 0.25) is 5.91 Å². The number of halogens is 1. The van der Waals surface area contributed by atoms with Gasteiger partial charge in [-0.25, -0.2) is 4.39 Å². The zero-order chi connectivity index (χ0) is 15.4. The van der Waals surface area contributed by atoms with E-state index in [-0.39, 0.29) is 17.8 Å². The molecule has 120 valence electrons. The largest absolute Gasteiger partial charge is 0.355 e. The molecule has 1 saturated heterocycles. The summed E-state index contributed by atoms with van der Waals surface area (Å²) in [7, 11) is 0. The highest BCUT2D eigenvalue weighted by molar-refractivity contribution is 5.78. The fourth-order valence-corrected chi connectivity index (χ4v) is 3.17. The van der Waals surface area contributed by atoms with Crippen LogP contribution in [0, 0.1) is 11.7 Å². The molecule has 1 atom stereocenters. The average Bonchev–Trinajstić information content (AvgIpc) is 2.46. The first-order chi connectivity index (χ1) is 10.7. The molecular formula is C17H24FN3O. The number of carbonyl (C=O) groups is 1. The van der Waals surface area contributed by atoms with Gasteiger partial charge >= 0.3 is 0 Å². The summed E-state index contributed by atoms with van der Waals surface area (Å²) >= 11 is 0. The van der Waals surface area contributed by atoms with Crippen molar-refractivity contribution in [3.8, 4) is 0 Å². The summed E-state index contributed by atoms with van der Waals surface area (Å²) < 4.78 is 13.4. The number of benzene rings is 1. The SMILES string of the molecule is O=C(CN1CCNCC1c1cccc(F)c1)NCC1CCC1. The first-order valence-corrected chi connectivity index (χ1v) is 8.19. The molecule has 1 aliphatic heterocycles. The molecule has 1 saturated carbocycles. The molecule has 1 aromatic rings. The predicted molar refractivity (Wildman–Crippen MR) is 83.9 cm³/mol. The van der Waals surface area contributed by atoms with Crippen LogP contribution in [0.15, 0.2) is 24.3 Å². The molecule has 2 N–H and O–H groups in total. The number of rotatable bonds is 5. The molecule has 2 fully saturated rings. The fourth-order valence-electron chi connectivity index (χ4n) is 3.17. The molecule has 22 heavy (non-hydrogen) atoms. The van der Waals surface area contributed by atoms with Crippen molar-refractivity contribution in [3.63, 3.8) is 0 Å². The van der Waals surface area contributed by atoms with E-state index in [2.05, 4.69) is 15.5 Å². The fraction of sp³-hybridized carbons (Fsp3) is 0.588. The molecule has 4 nitrogen and oxygen atoms in total. The van der Waals surface area contributed by atoms with Crippen LogP contribution >= 0.6 is 0 Å². The number of carbonyl (C=O) groups excluding carboxylic acids is 1. The van der Waals surface area contributed by atoms with Gasteiger partial charge in [-0.15, -0.1) is 0 Å². The van der Waals surface area contributed by atoms with Gasteiger partial charge in [0.05, 0.1) is 6.54 Å². The molecule has 0 radical (unpaired) electrons. The van der Waals surface area contributed by atoms with Crippen molar-refractivity contribution in [1.29, 1.82) is 0 Å². The summed E-state index contributed by atoms with van der Waals surface area (Å²) in [6.07, 6.45) is 3.76. The second-order valence-corrected chi connectivity index (χ2v) is 6.35. The van der Waals surface area contributed by atoms with Gasteiger partial charge in [0, 0.05) is 32.2 Å². The van der Waals surface area contributed by atoms with Crippen LogP contribution < -0.4 is 10.6 Å². The van der Waals surface area contributed by atoms with Gasteiger partial charge in [-0.05, 0) is 36.5 Å². The van der Waals surface area contributed by atoms with Gasteiger partial charge in [0.1, 0.15) is 5.82 Å². The summed E-state index contributed by atoms with van der Waals surface area (Å²) in [5.74, 6) is 0.527. The Bertz CT molecular complexity index is 518. The molecule has 1 aromatic carbocycles. The molecule has 1 heterocycles. The Kier molecular flexibility index (Phi) is 5.05. The summed E-state index contributed by atoms with van der Waals surface area (Å²) in [5.41, 5.74) is 0.930. The molecule has 1 amide bonds. The van der Waals surface area contributed by atoms with E-state index in [1.807, 2.05) is 6.07 Å². The Labute approximate surface area is 131 Å². The summed E-state index contributed by atoms with van der Waals surface area (Å²) in [4.78, 5) is 14.3. The number of nitrogens with zero attached hydrogens (tertiary/aromatic N) is 1. The van der Waals surface area contributed by atoms with Gasteiger partial charge in [0.25, 0.3) is 0 Å². The number of nitrogens with one attached hydrogen (secondary N) is 2. The van der Waals surface area contributed by atoms with E-state index < -0.39 is 0 Å². The summed E-state index contributed by atoms with van der Waals surface area (Å²) in [5, 5.41) is 6.37. The van der Waals surface area contributed by atoms with Crippen LogP contribution in [-0.2, 0) is 4.79 Å². The maximum atomic E-state index is 13.4. The highest BCUT2D eigenvalue weighted by Crippen LogP contribution is 2.25. The van der Waals surface area contributed by atoms with E-state index in [1.54, 1.807) is 12.1 Å². The zero-order valence-corrected chi connectivity index (χ0v) is 12.9. The van der Waals surface area contributed by atoms with Crippen molar-refractivity contribution < 1.29 is 9.18 Å². The standard InChI is InChI=1S/C17H24FN3O/c18-15-6-2-5-14(9-15)16-11-19-7-8-21(16)12-17(22)20-10-13-3-1-4-13/h2,5-6,9,13,16,19H,1,3-4,7-8,10-12H2,(H,20,22). The van der Waals surface area contributed by atoms with Crippen LogP contribution in [0.5, 0.6) is 0 Å². The Balaban J connectivity index is 1.58. The minimum Gasteiger partial charge on any atom is -0.355 e. The van der Waals surface area contributed by atoms with Gasteiger partial charge in [0.15, 0.2) is 0 Å². The van der Waals surface area contributed by atoms with E-state index in [4.69, 9.17) is 0 Å². The Morgan fingerprint density at radius 3 is 3.00 bits per heavy atom. The van der Waals surface area contributed by atoms with Crippen molar-refractivity contribution >= 4 is 5.91 Å². The Morgan fingerprint density at radius 1 is 1.41 bits per heavy atom. The highest BCUT2D eigenvalue weighted by atomic mass is 19.1. The van der Waals surface area contributed by atoms with E-state index in [9.17, 15) is 9.18 Å². The minimum absolute atomic E-state index is 0.0545. The molecule has 3 rings (SSSR count). The molecule has 1 unspecified atom stereocenters. The second kappa shape index (κ2) is 7.20. The minimum atomic E-state index is -0.225. The number of hydrogen-bond acceptors (Lipinski definition) is 3. The van der Waals surface area contributed by atoms with Crippen molar-refractivity contribution in [2.75, 3.05) is 32.7 Å². The third kappa shape index (κ3) is 3.84. The van der Waals surface area contributed by atoms with Crippen molar-refractivity contribution in [3.05, 3.63) is 35.6 Å². The molecule has 2 aliphatic rings. The van der Waals surface area contributed by atoms with Gasteiger partial charge in [-0.1, -0.05) is 18.6 Å². The van der Waals surface area contributed by atoms with Gasteiger partial charge in [-0.2, -0.15) is 0 Å². The smallest absolute Gasteiger partial charge is 0.234 e. The number of hydrogen-bond donors (Lipinski definition) is 2. The van der Waals surface area contributed by atoms with Crippen molar-refractivity contribution in [1.82, 2.24) is 15.5 Å². The average molecular weight is 305 g/mol. The highest BCUT2D eigenvalue weighted by Gasteiger charge is 2.26. The lowest BCUT2D eigenvalue weighted by molar-refractivity contribution is -0.123. The lowest BCUT2D eigenvalue weighted by atomic mass is 9.85. The van der Waals surface area contributed by atoms with E-state index in [0.717, 1.165) is 31.7 Å². The molecule has 0 spiro atoms. The van der Waals surface area contributed by atoms with Crippen LogP contribution in [-0.4, -0.2) is 43.5 Å². The van der Waals surface area contributed by atoms with Crippen LogP contribution in [0.3, 0.4) is 0 Å². The topological polar surface area (TPSA) is 44.4 Å². The first-order valence-electron chi connectivity index (χ1n) is 8.19. The van der Waals surface area contributed by atoms with E-state index in [0.29, 0.717) is 12.5 Å². The van der Waals surface area contributed by atoms with Crippen LogP contribution in [0.25, 0.3) is 0 Å². The van der Waals surface area contributed by atoms with Gasteiger partial charge < -0.3 is 10.6 Å².